The van der Waals surface area contributed by atoms with Crippen LogP contribution >= 0.6 is 15.9 Å². The van der Waals surface area contributed by atoms with Crippen LogP contribution in [-0.2, 0) is 6.42 Å². The summed E-state index contributed by atoms with van der Waals surface area (Å²) in [6, 6.07) is 13.7. The van der Waals surface area contributed by atoms with Crippen LogP contribution < -0.4 is 5.32 Å². The summed E-state index contributed by atoms with van der Waals surface area (Å²) in [6.45, 7) is 5.10. The molecule has 0 radical (unpaired) electrons. The van der Waals surface area contributed by atoms with Crippen LogP contribution in [-0.4, -0.2) is 6.54 Å². The number of hydrogen-bond donors (Lipinski definition) is 1. The van der Waals surface area contributed by atoms with E-state index in [-0.39, 0.29) is 11.9 Å². The SMILES string of the molecule is CCNC(c1ccc(F)c(Br)c1)c1ccccc1CC. The lowest BCUT2D eigenvalue weighted by Crippen LogP contribution is -2.23. The predicted octanol–water partition coefficient (Wildman–Crippen LogP) is 4.85. The Kier molecular flexibility index (Phi) is 5.32. The zero-order chi connectivity index (χ0) is 14.5. The molecule has 2 rings (SSSR count). The third kappa shape index (κ3) is 3.28. The molecule has 2 aromatic carbocycles. The van der Waals surface area contributed by atoms with Crippen LogP contribution in [0.5, 0.6) is 0 Å². The lowest BCUT2D eigenvalue weighted by atomic mass is 9.93. The lowest BCUT2D eigenvalue weighted by molar-refractivity contribution is 0.606. The van der Waals surface area contributed by atoms with E-state index in [1.54, 1.807) is 0 Å². The Labute approximate surface area is 128 Å². The molecule has 2 aromatic rings. The molecule has 0 heterocycles. The Balaban J connectivity index is 2.47. The zero-order valence-corrected chi connectivity index (χ0v) is 13.4. The average molecular weight is 336 g/mol. The van der Waals surface area contributed by atoms with Gasteiger partial charge < -0.3 is 5.32 Å². The molecule has 1 nitrogen and oxygen atoms in total. The summed E-state index contributed by atoms with van der Waals surface area (Å²) in [4.78, 5) is 0. The van der Waals surface area contributed by atoms with Crippen LogP contribution in [0, 0.1) is 5.82 Å². The Morgan fingerprint density at radius 1 is 1.15 bits per heavy atom. The molecule has 0 saturated carbocycles. The van der Waals surface area contributed by atoms with Crippen LogP contribution in [0.25, 0.3) is 0 Å². The molecule has 1 N–H and O–H groups in total. The third-order valence-electron chi connectivity index (χ3n) is 3.43. The molecule has 0 aliphatic heterocycles. The number of hydrogen-bond acceptors (Lipinski definition) is 1. The maximum Gasteiger partial charge on any atom is 0.137 e. The summed E-state index contributed by atoms with van der Waals surface area (Å²) >= 11 is 3.27. The van der Waals surface area contributed by atoms with Gasteiger partial charge in [-0.15, -0.1) is 0 Å². The smallest absolute Gasteiger partial charge is 0.137 e. The van der Waals surface area contributed by atoms with Gasteiger partial charge in [-0.05, 0) is 57.7 Å². The first kappa shape index (κ1) is 15.2. The molecule has 0 aromatic heterocycles. The Morgan fingerprint density at radius 2 is 1.90 bits per heavy atom. The van der Waals surface area contributed by atoms with E-state index in [9.17, 15) is 4.39 Å². The van der Waals surface area contributed by atoms with Gasteiger partial charge in [0.25, 0.3) is 0 Å². The molecule has 106 valence electrons. The highest BCUT2D eigenvalue weighted by Crippen LogP contribution is 2.28. The second-order valence-electron chi connectivity index (χ2n) is 4.72. The van der Waals surface area contributed by atoms with Crippen molar-refractivity contribution in [2.45, 2.75) is 26.3 Å². The lowest BCUT2D eigenvalue weighted by Gasteiger charge is -2.22. The number of halogens is 2. The summed E-state index contributed by atoms with van der Waals surface area (Å²) in [7, 11) is 0. The van der Waals surface area contributed by atoms with Gasteiger partial charge in [-0.2, -0.15) is 0 Å². The maximum absolute atomic E-state index is 13.4. The van der Waals surface area contributed by atoms with E-state index in [4.69, 9.17) is 0 Å². The molecule has 0 fully saturated rings. The van der Waals surface area contributed by atoms with Crippen molar-refractivity contribution >= 4 is 15.9 Å². The monoisotopic (exact) mass is 335 g/mol. The second kappa shape index (κ2) is 7.00. The Hall–Kier alpha value is -1.19. The van der Waals surface area contributed by atoms with E-state index in [1.807, 2.05) is 12.1 Å². The first-order valence-corrected chi connectivity index (χ1v) is 7.72. The van der Waals surface area contributed by atoms with Crippen LogP contribution in [0.3, 0.4) is 0 Å². The first-order chi connectivity index (χ1) is 9.67. The molecule has 0 aliphatic carbocycles. The molecule has 3 heteroatoms. The molecule has 0 bridgehead atoms. The highest BCUT2D eigenvalue weighted by Gasteiger charge is 2.16. The minimum absolute atomic E-state index is 0.0908. The number of rotatable bonds is 5. The fraction of sp³-hybridized carbons (Fsp3) is 0.294. The van der Waals surface area contributed by atoms with Crippen molar-refractivity contribution in [2.75, 3.05) is 6.54 Å². The van der Waals surface area contributed by atoms with Crippen molar-refractivity contribution in [3.8, 4) is 0 Å². The molecular weight excluding hydrogens is 317 g/mol. The van der Waals surface area contributed by atoms with Crippen molar-refractivity contribution < 1.29 is 4.39 Å². The van der Waals surface area contributed by atoms with Crippen molar-refractivity contribution in [3.05, 3.63) is 69.4 Å². The summed E-state index contributed by atoms with van der Waals surface area (Å²) in [6.07, 6.45) is 0.987. The average Bonchev–Trinajstić information content (AvgIpc) is 2.48. The van der Waals surface area contributed by atoms with Gasteiger partial charge in [0, 0.05) is 0 Å². The largest absolute Gasteiger partial charge is 0.307 e. The molecule has 20 heavy (non-hydrogen) atoms. The summed E-state index contributed by atoms with van der Waals surface area (Å²) in [5.41, 5.74) is 3.65. The third-order valence-corrected chi connectivity index (χ3v) is 4.04. The van der Waals surface area contributed by atoms with Crippen LogP contribution in [0.4, 0.5) is 4.39 Å². The standard InChI is InChI=1S/C17H19BrFN/c1-3-12-7-5-6-8-14(12)17(20-4-2)13-9-10-16(19)15(18)11-13/h5-11,17,20H,3-4H2,1-2H3. The molecule has 1 unspecified atom stereocenters. The van der Waals surface area contributed by atoms with Gasteiger partial charge in [-0.3, -0.25) is 0 Å². The predicted molar refractivity (Wildman–Crippen MR) is 85.4 cm³/mol. The number of aryl methyl sites for hydroxylation is 1. The van der Waals surface area contributed by atoms with Crippen molar-refractivity contribution in [2.24, 2.45) is 0 Å². The van der Waals surface area contributed by atoms with Gasteiger partial charge in [0.05, 0.1) is 10.5 Å². The van der Waals surface area contributed by atoms with E-state index >= 15 is 0 Å². The van der Waals surface area contributed by atoms with Crippen molar-refractivity contribution in [3.63, 3.8) is 0 Å². The van der Waals surface area contributed by atoms with Gasteiger partial charge in [0.1, 0.15) is 5.82 Å². The molecular formula is C17H19BrFN. The minimum Gasteiger partial charge on any atom is -0.307 e. The van der Waals surface area contributed by atoms with E-state index in [2.05, 4.69) is 59.4 Å². The van der Waals surface area contributed by atoms with Crippen molar-refractivity contribution in [1.29, 1.82) is 0 Å². The molecule has 0 amide bonds. The maximum atomic E-state index is 13.4. The van der Waals surface area contributed by atoms with Gasteiger partial charge in [-0.25, -0.2) is 4.39 Å². The number of benzene rings is 2. The van der Waals surface area contributed by atoms with Gasteiger partial charge >= 0.3 is 0 Å². The van der Waals surface area contributed by atoms with Gasteiger partial charge in [0.15, 0.2) is 0 Å². The van der Waals surface area contributed by atoms with E-state index in [1.165, 1.54) is 17.2 Å². The van der Waals surface area contributed by atoms with Crippen LogP contribution in [0.2, 0.25) is 0 Å². The van der Waals surface area contributed by atoms with E-state index < -0.39 is 0 Å². The zero-order valence-electron chi connectivity index (χ0n) is 11.8. The van der Waals surface area contributed by atoms with Gasteiger partial charge in [-0.1, -0.05) is 44.2 Å². The van der Waals surface area contributed by atoms with Crippen LogP contribution in [0.15, 0.2) is 46.9 Å². The fourth-order valence-corrected chi connectivity index (χ4v) is 2.84. The fourth-order valence-electron chi connectivity index (χ4n) is 2.44. The molecule has 1 atom stereocenters. The van der Waals surface area contributed by atoms with E-state index in [0.717, 1.165) is 18.5 Å². The van der Waals surface area contributed by atoms with Crippen molar-refractivity contribution in [1.82, 2.24) is 5.32 Å². The van der Waals surface area contributed by atoms with Crippen LogP contribution in [0.1, 0.15) is 36.6 Å². The summed E-state index contributed by atoms with van der Waals surface area (Å²) in [5, 5.41) is 3.49. The minimum atomic E-state index is -0.229. The highest BCUT2D eigenvalue weighted by molar-refractivity contribution is 9.10. The highest BCUT2D eigenvalue weighted by atomic mass is 79.9. The first-order valence-electron chi connectivity index (χ1n) is 6.93. The number of nitrogens with one attached hydrogen (secondary N) is 1. The second-order valence-corrected chi connectivity index (χ2v) is 5.57. The van der Waals surface area contributed by atoms with E-state index in [0.29, 0.717) is 4.47 Å². The molecule has 0 spiro atoms. The topological polar surface area (TPSA) is 12.0 Å². The summed E-state index contributed by atoms with van der Waals surface area (Å²) in [5.74, 6) is -0.229. The van der Waals surface area contributed by atoms with Gasteiger partial charge in [0.2, 0.25) is 0 Å². The Bertz CT molecular complexity index is 583. The summed E-state index contributed by atoms with van der Waals surface area (Å²) < 4.78 is 13.9. The normalized spacial score (nSPS) is 12.4. The quantitative estimate of drug-likeness (QED) is 0.823. The molecule has 0 aliphatic rings. The Morgan fingerprint density at radius 3 is 2.55 bits per heavy atom. The molecule has 0 saturated heterocycles.